The number of hydrogen-bond donors (Lipinski definition) is 2. The molecular formula is C15H18FN4O7P. The average molecular weight is 416 g/mol. The minimum Gasteiger partial charge on any atom is -0.442 e. The third-order valence-corrected chi connectivity index (χ3v) is 5.24. The second kappa shape index (κ2) is 7.74. The van der Waals surface area contributed by atoms with E-state index in [4.69, 9.17) is 9.57 Å². The predicted molar refractivity (Wildman–Crippen MR) is 95.2 cm³/mol. The number of carbonyl (C=O) groups is 2. The highest BCUT2D eigenvalue weighted by Crippen LogP contribution is 2.40. The van der Waals surface area contributed by atoms with E-state index in [0.717, 1.165) is 17.9 Å². The van der Waals surface area contributed by atoms with E-state index in [-0.39, 0.29) is 17.9 Å². The molecule has 11 nitrogen and oxygen atoms in total. The van der Waals surface area contributed by atoms with Gasteiger partial charge in [0.15, 0.2) is 0 Å². The van der Waals surface area contributed by atoms with Gasteiger partial charge < -0.3 is 24.3 Å². The van der Waals surface area contributed by atoms with Gasteiger partial charge in [0.2, 0.25) is 5.91 Å². The number of rotatable bonds is 5. The van der Waals surface area contributed by atoms with Crippen molar-refractivity contribution in [2.45, 2.75) is 13.0 Å². The molecule has 13 heteroatoms. The van der Waals surface area contributed by atoms with E-state index < -0.39 is 38.2 Å². The van der Waals surface area contributed by atoms with Gasteiger partial charge in [-0.25, -0.2) is 18.4 Å². The molecule has 1 saturated heterocycles. The lowest BCUT2D eigenvalue weighted by Crippen LogP contribution is -2.35. The van der Waals surface area contributed by atoms with Gasteiger partial charge in [-0.2, -0.15) is 0 Å². The monoisotopic (exact) mass is 416 g/mol. The fourth-order valence-electron chi connectivity index (χ4n) is 2.86. The number of anilines is 2. The molecule has 152 valence electrons. The molecule has 0 aromatic heterocycles. The molecule has 2 aliphatic rings. The van der Waals surface area contributed by atoms with Gasteiger partial charge in [0.25, 0.3) is 0 Å². The molecule has 0 aliphatic carbocycles. The maximum absolute atomic E-state index is 14.5. The van der Waals surface area contributed by atoms with Crippen molar-refractivity contribution in [1.29, 1.82) is 0 Å². The number of benzene rings is 1. The summed E-state index contributed by atoms with van der Waals surface area (Å²) in [6, 6.07) is 4.13. The lowest BCUT2D eigenvalue weighted by atomic mass is 10.2. The van der Waals surface area contributed by atoms with Crippen LogP contribution in [0.1, 0.15) is 6.92 Å². The molecule has 28 heavy (non-hydrogen) atoms. The number of carbonyl (C=O) groups excluding carboxylic acids is 2. The van der Waals surface area contributed by atoms with Gasteiger partial charge in [-0.1, -0.05) is 5.16 Å². The maximum Gasteiger partial charge on any atom is 0.432 e. The highest BCUT2D eigenvalue weighted by atomic mass is 31.2. The Morgan fingerprint density at radius 1 is 1.46 bits per heavy atom. The molecule has 0 unspecified atom stereocenters. The molecule has 1 aromatic rings. The molecule has 0 radical (unpaired) electrons. The summed E-state index contributed by atoms with van der Waals surface area (Å²) in [7, 11) is -4.84. The molecular weight excluding hydrogens is 398 g/mol. The Kier molecular flexibility index (Phi) is 5.54. The highest BCUT2D eigenvalue weighted by molar-refractivity contribution is 7.49. The van der Waals surface area contributed by atoms with Crippen molar-refractivity contribution < 1.29 is 37.9 Å². The first kappa shape index (κ1) is 20.1. The average Bonchev–Trinajstić information content (AvgIpc) is 2.99. The van der Waals surface area contributed by atoms with Crippen molar-refractivity contribution in [2.24, 2.45) is 5.16 Å². The molecule has 2 N–H and O–H groups in total. The fraction of sp³-hybridized carbons (Fsp3) is 0.400. The van der Waals surface area contributed by atoms with Crippen molar-refractivity contribution in [3.05, 3.63) is 24.0 Å². The number of ether oxygens (including phenoxy) is 1. The summed E-state index contributed by atoms with van der Waals surface area (Å²) in [5.74, 6) is -1.45. The van der Waals surface area contributed by atoms with Gasteiger partial charge in [-0.15, -0.1) is 0 Å². The summed E-state index contributed by atoms with van der Waals surface area (Å²) in [4.78, 5) is 49.5. The quantitative estimate of drug-likeness (QED) is 0.676. The van der Waals surface area contributed by atoms with Crippen molar-refractivity contribution in [3.63, 3.8) is 0 Å². The van der Waals surface area contributed by atoms with Gasteiger partial charge in [0.05, 0.1) is 31.0 Å². The van der Waals surface area contributed by atoms with Crippen LogP contribution in [0.15, 0.2) is 23.4 Å². The van der Waals surface area contributed by atoms with E-state index in [2.05, 4.69) is 5.16 Å². The zero-order chi connectivity index (χ0) is 20.5. The second-order valence-electron chi connectivity index (χ2n) is 6.11. The van der Waals surface area contributed by atoms with Crippen LogP contribution >= 0.6 is 7.75 Å². The molecule has 0 bridgehead atoms. The van der Waals surface area contributed by atoms with E-state index in [1.807, 2.05) is 0 Å². The normalized spacial score (nSPS) is 19.4. The van der Waals surface area contributed by atoms with Crippen molar-refractivity contribution in [3.8, 4) is 0 Å². The highest BCUT2D eigenvalue weighted by Gasteiger charge is 2.38. The summed E-state index contributed by atoms with van der Waals surface area (Å²) < 4.78 is 31.3. The van der Waals surface area contributed by atoms with E-state index in [9.17, 15) is 28.3 Å². The molecule has 2 amide bonds. The Balaban J connectivity index is 1.74. The van der Waals surface area contributed by atoms with Gasteiger partial charge in [0, 0.05) is 6.92 Å². The number of hydrogen-bond acceptors (Lipinski definition) is 7. The van der Waals surface area contributed by atoms with Crippen LogP contribution in [-0.4, -0.2) is 65.1 Å². The van der Waals surface area contributed by atoms with Crippen molar-refractivity contribution in [1.82, 2.24) is 4.67 Å². The van der Waals surface area contributed by atoms with Crippen LogP contribution in [0.3, 0.4) is 0 Å². The molecule has 1 fully saturated rings. The Morgan fingerprint density at radius 2 is 2.21 bits per heavy atom. The molecule has 1 aromatic carbocycles. The van der Waals surface area contributed by atoms with Crippen LogP contribution in [0.2, 0.25) is 0 Å². The lowest BCUT2D eigenvalue weighted by molar-refractivity contribution is -0.126. The number of cyclic esters (lactones) is 1. The summed E-state index contributed by atoms with van der Waals surface area (Å²) in [6.07, 6.45) is -0.433. The number of nitrogens with zero attached hydrogens (tertiary/aromatic N) is 4. The van der Waals surface area contributed by atoms with E-state index in [1.165, 1.54) is 18.5 Å². The number of oxime groups is 1. The van der Waals surface area contributed by atoms with Crippen molar-refractivity contribution in [2.75, 3.05) is 36.0 Å². The lowest BCUT2D eigenvalue weighted by Gasteiger charge is -2.24. The Hall–Kier alpha value is -2.69. The Labute approximate surface area is 159 Å². The summed E-state index contributed by atoms with van der Waals surface area (Å²) >= 11 is 0. The molecule has 0 saturated carbocycles. The van der Waals surface area contributed by atoms with Crippen molar-refractivity contribution >= 4 is 37.5 Å². The molecule has 1 atom stereocenters. The zero-order valence-electron chi connectivity index (χ0n) is 14.8. The second-order valence-corrected chi connectivity index (χ2v) is 7.62. The van der Waals surface area contributed by atoms with Gasteiger partial charge >= 0.3 is 13.8 Å². The van der Waals surface area contributed by atoms with E-state index in [1.54, 1.807) is 4.90 Å². The SMILES string of the molecule is CC(=O)N(C[C@H]1CN(c2ccc(N3C=NOCC3)c(F)c2)C(=O)O1)P(=O)(O)O. The first-order valence-electron chi connectivity index (χ1n) is 8.20. The van der Waals surface area contributed by atoms with Gasteiger partial charge in [0.1, 0.15) is 24.9 Å². The van der Waals surface area contributed by atoms with Crippen LogP contribution in [0.4, 0.5) is 20.6 Å². The first-order valence-corrected chi connectivity index (χ1v) is 9.77. The molecule has 0 spiro atoms. The Morgan fingerprint density at radius 3 is 2.79 bits per heavy atom. The molecule has 2 heterocycles. The fourth-order valence-corrected chi connectivity index (χ4v) is 3.62. The number of amides is 2. The Bertz CT molecular complexity index is 861. The minimum atomic E-state index is -4.84. The summed E-state index contributed by atoms with van der Waals surface area (Å²) in [5, 5.41) is 3.61. The van der Waals surface area contributed by atoms with Crippen LogP contribution in [0.5, 0.6) is 0 Å². The molecule has 2 aliphatic heterocycles. The smallest absolute Gasteiger partial charge is 0.432 e. The largest absolute Gasteiger partial charge is 0.442 e. The predicted octanol–water partition coefficient (Wildman–Crippen LogP) is 0.872. The maximum atomic E-state index is 14.5. The van der Waals surface area contributed by atoms with E-state index >= 15 is 0 Å². The van der Waals surface area contributed by atoms with E-state index in [0.29, 0.717) is 17.8 Å². The summed E-state index contributed by atoms with van der Waals surface area (Å²) in [5.41, 5.74) is 0.466. The van der Waals surface area contributed by atoms with Crippen LogP contribution in [-0.2, 0) is 18.9 Å². The molecule has 3 rings (SSSR count). The zero-order valence-corrected chi connectivity index (χ0v) is 15.7. The van der Waals surface area contributed by atoms with Crippen LogP contribution in [0.25, 0.3) is 0 Å². The van der Waals surface area contributed by atoms with Crippen LogP contribution < -0.4 is 9.80 Å². The van der Waals surface area contributed by atoms with Gasteiger partial charge in [-0.3, -0.25) is 9.69 Å². The standard InChI is InChI=1S/C15H18FN4O7P/c1-10(21)20(28(23,24)25)8-12-7-19(15(22)27-12)11-2-3-14(13(16)6-11)18-4-5-26-17-9-18/h2-3,6,9,12H,4-5,7-8H2,1H3,(H2,23,24,25)/t12-/m1/s1. The van der Waals surface area contributed by atoms with Gasteiger partial charge in [-0.05, 0) is 18.2 Å². The third kappa shape index (κ3) is 4.24. The third-order valence-electron chi connectivity index (χ3n) is 4.17. The topological polar surface area (TPSA) is 132 Å². The number of halogens is 1. The first-order chi connectivity index (χ1) is 13.2. The minimum absolute atomic E-state index is 0.0968. The summed E-state index contributed by atoms with van der Waals surface area (Å²) in [6.45, 7) is 1.14. The van der Waals surface area contributed by atoms with Crippen LogP contribution in [0, 0.1) is 5.82 Å².